The molecule has 0 spiro atoms. The zero-order valence-electron chi connectivity index (χ0n) is 11.0. The van der Waals surface area contributed by atoms with Gasteiger partial charge in [0.05, 0.1) is 11.3 Å². The minimum absolute atomic E-state index is 0.273. The van der Waals surface area contributed by atoms with Gasteiger partial charge in [-0.15, -0.1) is 0 Å². The first kappa shape index (κ1) is 21.6. The molecule has 0 radical (unpaired) electrons. The van der Waals surface area contributed by atoms with Crippen molar-refractivity contribution in [1.82, 2.24) is 5.32 Å². The van der Waals surface area contributed by atoms with Gasteiger partial charge in [0, 0.05) is 7.14 Å². The number of nitrogens with two attached hydrogens (primary N) is 1. The molecule has 0 fully saturated rings. The van der Waals surface area contributed by atoms with Gasteiger partial charge in [-0.2, -0.15) is 30.4 Å². The maximum Gasteiger partial charge on any atom is 0.415 e. The SMILES string of the molecule is Nc1c(I)cc(I)cc1C(=O)NC(C(F)(F)F)C(F)(F)S(=O)(=O)O. The monoisotopic (exact) mass is 600 g/mol. The van der Waals surface area contributed by atoms with Gasteiger partial charge in [-0.05, 0) is 57.3 Å². The summed E-state index contributed by atoms with van der Waals surface area (Å²) in [5.74, 6) is -1.67. The van der Waals surface area contributed by atoms with Crippen LogP contribution in [-0.4, -0.2) is 36.4 Å². The molecule has 0 aliphatic rings. The van der Waals surface area contributed by atoms with E-state index in [9.17, 15) is 35.2 Å². The van der Waals surface area contributed by atoms with Crippen LogP contribution >= 0.6 is 45.2 Å². The molecule has 1 unspecified atom stereocenters. The first-order chi connectivity index (χ1) is 10.6. The number of alkyl halides is 5. The number of rotatable bonds is 4. The van der Waals surface area contributed by atoms with E-state index in [0.29, 0.717) is 3.57 Å². The number of carbonyl (C=O) groups is 1. The van der Waals surface area contributed by atoms with Gasteiger partial charge in [0.15, 0.2) is 0 Å². The van der Waals surface area contributed by atoms with E-state index in [4.69, 9.17) is 10.3 Å². The smallest absolute Gasteiger partial charge is 0.397 e. The first-order valence-electron chi connectivity index (χ1n) is 5.56. The fraction of sp³-hybridized carbons (Fsp3) is 0.300. The third kappa shape index (κ3) is 4.57. The number of carbonyl (C=O) groups excluding carboxylic acids is 1. The van der Waals surface area contributed by atoms with Crippen molar-refractivity contribution in [2.24, 2.45) is 0 Å². The lowest BCUT2D eigenvalue weighted by Gasteiger charge is -2.27. The van der Waals surface area contributed by atoms with Gasteiger partial charge < -0.3 is 11.1 Å². The second-order valence-corrected chi connectivity index (χ2v) is 8.24. The average molecular weight is 600 g/mol. The number of benzene rings is 1. The molecule has 4 N–H and O–H groups in total. The van der Waals surface area contributed by atoms with Crippen molar-refractivity contribution < 1.29 is 39.7 Å². The molecule has 0 bridgehead atoms. The van der Waals surface area contributed by atoms with E-state index >= 15 is 0 Å². The Hall–Kier alpha value is -0.490. The van der Waals surface area contributed by atoms with Crippen molar-refractivity contribution in [3.05, 3.63) is 24.8 Å². The highest BCUT2D eigenvalue weighted by Gasteiger charge is 2.64. The van der Waals surface area contributed by atoms with Crippen molar-refractivity contribution in [2.75, 3.05) is 5.73 Å². The highest BCUT2D eigenvalue weighted by molar-refractivity contribution is 14.1. The summed E-state index contributed by atoms with van der Waals surface area (Å²) < 4.78 is 95.3. The Bertz CT molecular complexity index is 769. The van der Waals surface area contributed by atoms with Gasteiger partial charge in [0.25, 0.3) is 5.91 Å². The molecule has 1 aromatic carbocycles. The maximum absolute atomic E-state index is 13.4. The van der Waals surface area contributed by atoms with Crippen LogP contribution in [0.4, 0.5) is 27.6 Å². The molecule has 0 aromatic heterocycles. The molecule has 0 saturated carbocycles. The summed E-state index contributed by atoms with van der Waals surface area (Å²) in [5, 5.41) is -4.81. The second kappa shape index (κ2) is 7.02. The average Bonchev–Trinajstić information content (AvgIpc) is 2.36. The van der Waals surface area contributed by atoms with Crippen LogP contribution in [0.2, 0.25) is 0 Å². The van der Waals surface area contributed by atoms with E-state index in [-0.39, 0.29) is 9.26 Å². The van der Waals surface area contributed by atoms with E-state index in [0.717, 1.165) is 11.4 Å². The fourth-order valence-corrected chi connectivity index (χ4v) is 3.82. The summed E-state index contributed by atoms with van der Waals surface area (Å²) in [4.78, 5) is 11.9. The first-order valence-corrected chi connectivity index (χ1v) is 9.15. The Labute approximate surface area is 159 Å². The summed E-state index contributed by atoms with van der Waals surface area (Å²) in [7, 11) is -6.44. The van der Waals surface area contributed by atoms with Gasteiger partial charge in [-0.3, -0.25) is 9.35 Å². The summed E-state index contributed by atoms with van der Waals surface area (Å²) in [5.41, 5.74) is 4.70. The van der Waals surface area contributed by atoms with Crippen LogP contribution in [0.5, 0.6) is 0 Å². The molecule has 0 saturated heterocycles. The minimum Gasteiger partial charge on any atom is -0.397 e. The lowest BCUT2D eigenvalue weighted by Crippen LogP contribution is -2.59. The van der Waals surface area contributed by atoms with Crippen molar-refractivity contribution >= 4 is 66.9 Å². The van der Waals surface area contributed by atoms with Gasteiger partial charge in [-0.1, -0.05) is 0 Å². The van der Waals surface area contributed by atoms with Gasteiger partial charge >= 0.3 is 21.5 Å². The molecule has 1 aromatic rings. The molecule has 6 nitrogen and oxygen atoms in total. The molecule has 0 aliphatic carbocycles. The second-order valence-electron chi connectivity index (χ2n) is 4.33. The van der Waals surface area contributed by atoms with Crippen LogP contribution in [0, 0.1) is 7.14 Å². The van der Waals surface area contributed by atoms with Gasteiger partial charge in [0.1, 0.15) is 0 Å². The quantitative estimate of drug-likeness (QED) is 0.213. The Morgan fingerprint density at radius 3 is 2.12 bits per heavy atom. The van der Waals surface area contributed by atoms with Crippen LogP contribution < -0.4 is 11.1 Å². The Morgan fingerprint density at radius 2 is 1.71 bits per heavy atom. The van der Waals surface area contributed by atoms with Gasteiger partial charge in [0.2, 0.25) is 6.04 Å². The van der Waals surface area contributed by atoms with Crippen molar-refractivity contribution in [3.8, 4) is 0 Å². The zero-order chi connectivity index (χ0) is 19.1. The van der Waals surface area contributed by atoms with Crippen LogP contribution in [-0.2, 0) is 10.1 Å². The molecule has 1 rings (SSSR count). The van der Waals surface area contributed by atoms with Crippen LogP contribution in [0.1, 0.15) is 10.4 Å². The van der Waals surface area contributed by atoms with Crippen LogP contribution in [0.25, 0.3) is 0 Å². The van der Waals surface area contributed by atoms with Crippen molar-refractivity contribution in [1.29, 1.82) is 0 Å². The number of anilines is 1. The fourth-order valence-electron chi connectivity index (χ4n) is 1.49. The molecular formula is C10H7F5I2N2O4S. The largest absolute Gasteiger partial charge is 0.415 e. The summed E-state index contributed by atoms with van der Waals surface area (Å²) >= 11 is 3.39. The molecular weight excluding hydrogens is 593 g/mol. The highest BCUT2D eigenvalue weighted by atomic mass is 127. The number of hydrogen-bond acceptors (Lipinski definition) is 4. The zero-order valence-corrected chi connectivity index (χ0v) is 16.2. The molecule has 0 aliphatic heterocycles. The van der Waals surface area contributed by atoms with Gasteiger partial charge in [-0.25, -0.2) is 0 Å². The number of amides is 1. The Kier molecular flexibility index (Phi) is 6.31. The predicted octanol–water partition coefficient (Wildman–Crippen LogP) is 2.62. The van der Waals surface area contributed by atoms with E-state index in [1.54, 1.807) is 45.2 Å². The number of hydrogen-bond donors (Lipinski definition) is 3. The molecule has 1 amide bonds. The van der Waals surface area contributed by atoms with Crippen molar-refractivity contribution in [2.45, 2.75) is 17.5 Å². The molecule has 24 heavy (non-hydrogen) atoms. The molecule has 0 heterocycles. The molecule has 14 heteroatoms. The highest BCUT2D eigenvalue weighted by Crippen LogP contribution is 2.36. The topological polar surface area (TPSA) is 109 Å². The number of nitrogens with one attached hydrogen (secondary N) is 1. The van der Waals surface area contributed by atoms with E-state index in [2.05, 4.69) is 0 Å². The molecule has 136 valence electrons. The normalized spacial score (nSPS) is 14.3. The third-order valence-electron chi connectivity index (χ3n) is 2.62. The van der Waals surface area contributed by atoms with Crippen molar-refractivity contribution in [3.63, 3.8) is 0 Å². The lowest BCUT2D eigenvalue weighted by molar-refractivity contribution is -0.191. The van der Waals surface area contributed by atoms with E-state index in [1.807, 2.05) is 0 Å². The van der Waals surface area contributed by atoms with Crippen LogP contribution in [0.3, 0.4) is 0 Å². The Balaban J connectivity index is 3.35. The van der Waals surface area contributed by atoms with Crippen LogP contribution in [0.15, 0.2) is 12.1 Å². The molecule has 1 atom stereocenters. The maximum atomic E-state index is 13.4. The number of nitrogen functional groups attached to an aromatic ring is 1. The summed E-state index contributed by atoms with van der Waals surface area (Å²) in [6.45, 7) is 0. The third-order valence-corrected chi connectivity index (χ3v) is 5.06. The lowest BCUT2D eigenvalue weighted by atomic mass is 10.1. The Morgan fingerprint density at radius 1 is 1.21 bits per heavy atom. The minimum atomic E-state index is -6.44. The standard InChI is InChI=1S/C10H7F5I2N2O4S/c11-9(12,13)8(10(14,15)24(21,22)23)19-7(20)4-1-3(16)2-5(17)6(4)18/h1-2,8H,18H2,(H,19,20)(H,21,22,23). The van der Waals surface area contributed by atoms with E-state index < -0.39 is 39.1 Å². The summed E-state index contributed by atoms with van der Waals surface area (Å²) in [6.07, 6.45) is -5.86. The van der Waals surface area contributed by atoms with E-state index in [1.165, 1.54) is 6.07 Å². The summed E-state index contributed by atoms with van der Waals surface area (Å²) in [6, 6.07) is -1.66. The predicted molar refractivity (Wildman–Crippen MR) is 90.1 cm³/mol. The number of halogens is 7.